The van der Waals surface area contributed by atoms with Crippen molar-refractivity contribution in [2.45, 2.75) is 18.8 Å². The Bertz CT molecular complexity index is 751. The number of rotatable bonds is 5. The van der Waals surface area contributed by atoms with Gasteiger partial charge >= 0.3 is 11.9 Å². The molecule has 7 heteroatoms. The van der Waals surface area contributed by atoms with Crippen LogP contribution in [0.25, 0.3) is 0 Å². The Balaban J connectivity index is 2.84. The fraction of sp³-hybridized carbons (Fsp3) is 0.368. The fourth-order valence-electron chi connectivity index (χ4n) is 3.52. The first kappa shape index (κ1) is 19.4. The van der Waals surface area contributed by atoms with E-state index in [0.29, 0.717) is 17.6 Å². The molecule has 1 atom stereocenters. The standard InChI is InChI=1S/C19H21NO6/c1-4-13-9-10-14-7-5-6-8-15(14)16(12-20(23)24)19(11-13,17(21)25-2)18(22)26-3/h4-9,16H,1,10-12H2,2-3H3/b13-9-/t16-/m0/s1. The molecule has 0 N–H and O–H groups in total. The summed E-state index contributed by atoms with van der Waals surface area (Å²) in [5.74, 6) is -2.75. The molecule has 26 heavy (non-hydrogen) atoms. The molecule has 0 radical (unpaired) electrons. The molecule has 0 aliphatic heterocycles. The maximum Gasteiger partial charge on any atom is 0.324 e. The largest absolute Gasteiger partial charge is 0.468 e. The summed E-state index contributed by atoms with van der Waals surface area (Å²) in [6.45, 7) is 3.12. The average molecular weight is 359 g/mol. The summed E-state index contributed by atoms with van der Waals surface area (Å²) in [4.78, 5) is 36.5. The Morgan fingerprint density at radius 3 is 2.46 bits per heavy atom. The summed E-state index contributed by atoms with van der Waals surface area (Å²) in [5.41, 5.74) is 0.131. The predicted molar refractivity (Wildman–Crippen MR) is 94.1 cm³/mol. The van der Waals surface area contributed by atoms with Crippen molar-refractivity contribution in [3.63, 3.8) is 0 Å². The molecule has 1 aromatic rings. The summed E-state index contributed by atoms with van der Waals surface area (Å²) in [7, 11) is 2.30. The van der Waals surface area contributed by atoms with E-state index in [1.54, 1.807) is 12.1 Å². The van der Waals surface area contributed by atoms with Crippen LogP contribution in [0.5, 0.6) is 0 Å². The number of nitro groups is 1. The quantitative estimate of drug-likeness (QED) is 0.347. The Morgan fingerprint density at radius 2 is 1.92 bits per heavy atom. The van der Waals surface area contributed by atoms with Crippen LogP contribution in [0.4, 0.5) is 0 Å². The Kier molecular flexibility index (Phi) is 5.92. The molecule has 0 spiro atoms. The number of carbonyl (C=O) groups is 2. The Labute approximate surface area is 151 Å². The van der Waals surface area contributed by atoms with Crippen LogP contribution in [-0.4, -0.2) is 37.6 Å². The maximum atomic E-state index is 12.8. The van der Waals surface area contributed by atoms with Gasteiger partial charge in [0, 0.05) is 4.92 Å². The van der Waals surface area contributed by atoms with E-state index in [1.807, 2.05) is 18.2 Å². The summed E-state index contributed by atoms with van der Waals surface area (Å²) >= 11 is 0. The number of hydrogen-bond acceptors (Lipinski definition) is 6. The van der Waals surface area contributed by atoms with Gasteiger partial charge in [-0.25, -0.2) is 0 Å². The summed E-state index contributed by atoms with van der Waals surface area (Å²) in [6.07, 6.45) is 3.83. The van der Waals surface area contributed by atoms with E-state index < -0.39 is 34.7 Å². The van der Waals surface area contributed by atoms with Gasteiger partial charge in [0.2, 0.25) is 6.54 Å². The highest BCUT2D eigenvalue weighted by Crippen LogP contribution is 2.46. The molecule has 7 nitrogen and oxygen atoms in total. The lowest BCUT2D eigenvalue weighted by Gasteiger charge is -2.36. The Hall–Kier alpha value is -2.96. The first-order valence-corrected chi connectivity index (χ1v) is 8.08. The molecular formula is C19H21NO6. The molecule has 0 aromatic heterocycles. The molecule has 0 saturated heterocycles. The number of methoxy groups -OCH3 is 2. The van der Waals surface area contributed by atoms with E-state index in [0.717, 1.165) is 19.8 Å². The minimum atomic E-state index is -1.87. The van der Waals surface area contributed by atoms with Crippen molar-refractivity contribution >= 4 is 11.9 Å². The lowest BCUT2D eigenvalue weighted by Crippen LogP contribution is -2.49. The van der Waals surface area contributed by atoms with Crippen LogP contribution in [0.2, 0.25) is 0 Å². The zero-order valence-corrected chi connectivity index (χ0v) is 14.8. The van der Waals surface area contributed by atoms with Crippen molar-refractivity contribution in [3.8, 4) is 0 Å². The summed E-state index contributed by atoms with van der Waals surface area (Å²) in [5, 5.41) is 11.4. The van der Waals surface area contributed by atoms with Gasteiger partial charge in [0.1, 0.15) is 0 Å². The van der Waals surface area contributed by atoms with Gasteiger partial charge in [-0.1, -0.05) is 48.6 Å². The molecule has 0 heterocycles. The van der Waals surface area contributed by atoms with E-state index in [2.05, 4.69) is 6.58 Å². The van der Waals surface area contributed by atoms with Crippen molar-refractivity contribution < 1.29 is 24.0 Å². The molecule has 0 bridgehead atoms. The third-order valence-electron chi connectivity index (χ3n) is 4.79. The first-order chi connectivity index (χ1) is 12.4. The van der Waals surface area contributed by atoms with Gasteiger partial charge in [0.05, 0.1) is 20.1 Å². The highest BCUT2D eigenvalue weighted by Gasteiger charge is 2.57. The van der Waals surface area contributed by atoms with Crippen molar-refractivity contribution in [1.29, 1.82) is 0 Å². The van der Waals surface area contributed by atoms with Gasteiger partial charge in [-0.3, -0.25) is 19.7 Å². The van der Waals surface area contributed by atoms with Crippen molar-refractivity contribution in [3.05, 3.63) is 69.8 Å². The third kappa shape index (κ3) is 3.37. The number of carbonyl (C=O) groups excluding carboxylic acids is 2. The van der Waals surface area contributed by atoms with Crippen LogP contribution in [0.15, 0.2) is 48.6 Å². The fourth-order valence-corrected chi connectivity index (χ4v) is 3.52. The summed E-state index contributed by atoms with van der Waals surface area (Å²) < 4.78 is 9.82. The molecule has 0 unspecified atom stereocenters. The smallest absolute Gasteiger partial charge is 0.324 e. The second-order valence-corrected chi connectivity index (χ2v) is 6.09. The number of esters is 2. The molecule has 0 saturated carbocycles. The van der Waals surface area contributed by atoms with Crippen molar-refractivity contribution in [2.24, 2.45) is 5.41 Å². The topological polar surface area (TPSA) is 95.7 Å². The second-order valence-electron chi connectivity index (χ2n) is 6.09. The van der Waals surface area contributed by atoms with E-state index in [-0.39, 0.29) is 6.42 Å². The number of ether oxygens (including phenoxy) is 2. The average Bonchev–Trinajstić information content (AvgIpc) is 2.64. The SMILES string of the molecule is C=C/C1=C/Cc2ccccc2[C@H](C[N+](=O)[O-])C(C(=O)OC)(C(=O)OC)C1. The molecule has 2 rings (SSSR count). The van der Waals surface area contributed by atoms with Crippen LogP contribution in [0, 0.1) is 15.5 Å². The molecule has 0 amide bonds. The minimum absolute atomic E-state index is 0.0807. The number of allylic oxidation sites excluding steroid dienone is 3. The molecular weight excluding hydrogens is 338 g/mol. The van der Waals surface area contributed by atoms with Crippen LogP contribution < -0.4 is 0 Å². The molecule has 1 aliphatic carbocycles. The number of nitrogens with zero attached hydrogens (tertiary/aromatic N) is 1. The van der Waals surface area contributed by atoms with Gasteiger partial charge in [-0.15, -0.1) is 0 Å². The van der Waals surface area contributed by atoms with Gasteiger partial charge in [-0.2, -0.15) is 0 Å². The van der Waals surface area contributed by atoms with Gasteiger partial charge < -0.3 is 9.47 Å². The van der Waals surface area contributed by atoms with Gasteiger partial charge in [-0.05, 0) is 24.0 Å². The van der Waals surface area contributed by atoms with E-state index in [1.165, 1.54) is 6.08 Å². The van der Waals surface area contributed by atoms with Crippen LogP contribution in [-0.2, 0) is 25.5 Å². The van der Waals surface area contributed by atoms with Crippen LogP contribution in [0.3, 0.4) is 0 Å². The summed E-state index contributed by atoms with van der Waals surface area (Å²) in [6, 6.07) is 7.06. The Morgan fingerprint density at radius 1 is 1.31 bits per heavy atom. The zero-order chi connectivity index (χ0) is 19.3. The normalized spacial score (nSPS) is 20.4. The zero-order valence-electron chi connectivity index (χ0n) is 14.8. The lowest BCUT2D eigenvalue weighted by molar-refractivity contribution is -0.485. The van der Waals surface area contributed by atoms with Crippen molar-refractivity contribution in [2.75, 3.05) is 20.8 Å². The lowest BCUT2D eigenvalue weighted by atomic mass is 9.65. The monoisotopic (exact) mass is 359 g/mol. The predicted octanol–water partition coefficient (Wildman–Crippen LogP) is 2.44. The number of hydrogen-bond donors (Lipinski definition) is 0. The maximum absolute atomic E-state index is 12.8. The number of benzene rings is 1. The van der Waals surface area contributed by atoms with Gasteiger partial charge in [0.25, 0.3) is 0 Å². The van der Waals surface area contributed by atoms with E-state index >= 15 is 0 Å². The third-order valence-corrected chi connectivity index (χ3v) is 4.79. The number of fused-ring (bicyclic) bond motifs is 1. The van der Waals surface area contributed by atoms with Gasteiger partial charge in [0.15, 0.2) is 5.41 Å². The van der Waals surface area contributed by atoms with E-state index in [9.17, 15) is 19.7 Å². The molecule has 138 valence electrons. The highest BCUT2D eigenvalue weighted by atomic mass is 16.6. The molecule has 0 fully saturated rings. The molecule has 1 aromatic carbocycles. The minimum Gasteiger partial charge on any atom is -0.468 e. The van der Waals surface area contributed by atoms with Crippen molar-refractivity contribution in [1.82, 2.24) is 0 Å². The van der Waals surface area contributed by atoms with Crippen LogP contribution in [0.1, 0.15) is 23.5 Å². The molecule has 1 aliphatic rings. The first-order valence-electron chi connectivity index (χ1n) is 8.08. The van der Waals surface area contributed by atoms with Crippen LogP contribution >= 0.6 is 0 Å². The highest BCUT2D eigenvalue weighted by molar-refractivity contribution is 6.01. The second kappa shape index (κ2) is 7.95. The van der Waals surface area contributed by atoms with E-state index in [4.69, 9.17) is 9.47 Å².